The first-order valence-electron chi connectivity index (χ1n) is 20.1. The third-order valence-electron chi connectivity index (χ3n) is 12.8. The average molecular weight is 718 g/mol. The van der Waals surface area contributed by atoms with Crippen LogP contribution in [0, 0.1) is 17.8 Å². The van der Waals surface area contributed by atoms with Crippen molar-refractivity contribution in [1.29, 1.82) is 0 Å². The number of nitrogens with zero attached hydrogens (tertiary/aromatic N) is 4. The Balaban J connectivity index is 0.825. The molecule has 1 aliphatic carbocycles. The lowest BCUT2D eigenvalue weighted by Gasteiger charge is -2.40. The van der Waals surface area contributed by atoms with Gasteiger partial charge in [0, 0.05) is 81.6 Å². The maximum Gasteiger partial charge on any atom is 0.255 e. The largest absolute Gasteiger partial charge is 0.508 e. The second-order valence-electron chi connectivity index (χ2n) is 16.7. The van der Waals surface area contributed by atoms with E-state index in [2.05, 4.69) is 70.3 Å². The molecule has 0 bridgehead atoms. The fraction of sp³-hybridized carbons (Fsp3) is 0.523. The summed E-state index contributed by atoms with van der Waals surface area (Å²) in [6, 6.07) is 21.0. The highest BCUT2D eigenvalue weighted by Crippen LogP contribution is 2.44. The molecule has 4 aliphatic heterocycles. The molecule has 1 unspecified atom stereocenters. The van der Waals surface area contributed by atoms with Crippen LogP contribution in [0.4, 0.5) is 11.4 Å². The molecule has 0 aromatic heterocycles. The summed E-state index contributed by atoms with van der Waals surface area (Å²) in [6.45, 7) is 12.4. The molecule has 4 heterocycles. The molecule has 0 spiro atoms. The number of piperazine rings is 1. The molecule has 3 amide bonds. The number of benzene rings is 3. The second-order valence-corrected chi connectivity index (χ2v) is 16.7. The Morgan fingerprint density at radius 1 is 0.774 bits per heavy atom. The van der Waals surface area contributed by atoms with Crippen molar-refractivity contribution in [2.24, 2.45) is 17.8 Å². The number of carbonyl (C=O) groups is 3. The molecular weight excluding hydrogens is 663 g/mol. The SMILES string of the molecule is CC(C)CC[C@H]1CCc2cc(O)ccc2[C@H]1c1ccc(N2CCC(CN3CCN(c4ccc5c(c4)CN(C4CCC(=O)NC4=O)C5=O)CC3)CC2)cc1. The van der Waals surface area contributed by atoms with Gasteiger partial charge in [-0.3, -0.25) is 24.6 Å². The summed E-state index contributed by atoms with van der Waals surface area (Å²) in [5.74, 6) is 2.07. The molecule has 2 N–H and O–H groups in total. The number of piperidine rings is 2. The number of amides is 3. The van der Waals surface area contributed by atoms with Gasteiger partial charge in [0.1, 0.15) is 11.8 Å². The predicted octanol–water partition coefficient (Wildman–Crippen LogP) is 6.32. The smallest absolute Gasteiger partial charge is 0.255 e. The number of carbonyl (C=O) groups excluding carboxylic acids is 3. The number of hydrogen-bond acceptors (Lipinski definition) is 7. The highest BCUT2D eigenvalue weighted by atomic mass is 16.3. The van der Waals surface area contributed by atoms with Crippen LogP contribution in [0.2, 0.25) is 0 Å². The summed E-state index contributed by atoms with van der Waals surface area (Å²) in [5, 5.41) is 12.6. The summed E-state index contributed by atoms with van der Waals surface area (Å²) in [6.07, 6.45) is 7.80. The van der Waals surface area contributed by atoms with Crippen molar-refractivity contribution < 1.29 is 19.5 Å². The van der Waals surface area contributed by atoms with Crippen molar-refractivity contribution in [1.82, 2.24) is 15.1 Å². The number of rotatable bonds is 9. The van der Waals surface area contributed by atoms with E-state index in [1.807, 2.05) is 24.3 Å². The number of anilines is 2. The summed E-state index contributed by atoms with van der Waals surface area (Å²) in [7, 11) is 0. The van der Waals surface area contributed by atoms with Crippen LogP contribution < -0.4 is 15.1 Å². The minimum atomic E-state index is -0.582. The zero-order chi connectivity index (χ0) is 36.6. The molecule has 280 valence electrons. The Bertz CT molecular complexity index is 1830. The Hall–Kier alpha value is -4.37. The summed E-state index contributed by atoms with van der Waals surface area (Å²) >= 11 is 0. The Morgan fingerprint density at radius 2 is 1.51 bits per heavy atom. The molecule has 0 saturated carbocycles. The molecule has 8 rings (SSSR count). The Morgan fingerprint density at radius 3 is 2.25 bits per heavy atom. The number of nitrogens with one attached hydrogen (secondary N) is 1. The monoisotopic (exact) mass is 717 g/mol. The molecule has 3 atom stereocenters. The zero-order valence-electron chi connectivity index (χ0n) is 31.4. The molecule has 3 saturated heterocycles. The molecular formula is C44H55N5O4. The van der Waals surface area contributed by atoms with Crippen LogP contribution in [0.1, 0.15) is 97.3 Å². The van der Waals surface area contributed by atoms with Crippen molar-refractivity contribution in [2.75, 3.05) is 55.6 Å². The fourth-order valence-electron chi connectivity index (χ4n) is 9.76. The standard InChI is InChI=1S/C44H55N5O4/c1-29(2)3-4-31-5-6-33-26-37(50)12-14-38(33)42(31)32-7-9-35(10-8-32)47-19-17-30(18-20-47)27-46-21-23-48(24-22-46)36-11-13-39-34(25-36)28-49(44(39)53)40-15-16-41(51)45-43(40)52/h7-14,25-26,29-31,40,42,50H,3-6,15-24,27-28H2,1-2H3,(H,45,51,52)/t31-,40?,42+/m0/s1. The van der Waals surface area contributed by atoms with E-state index in [9.17, 15) is 19.5 Å². The molecule has 53 heavy (non-hydrogen) atoms. The van der Waals surface area contributed by atoms with E-state index in [-0.39, 0.29) is 24.1 Å². The summed E-state index contributed by atoms with van der Waals surface area (Å²) in [5.41, 5.74) is 8.22. The van der Waals surface area contributed by atoms with Crippen molar-refractivity contribution in [3.63, 3.8) is 0 Å². The molecule has 3 fully saturated rings. The van der Waals surface area contributed by atoms with E-state index in [4.69, 9.17) is 0 Å². The van der Waals surface area contributed by atoms with Crippen molar-refractivity contribution in [3.05, 3.63) is 88.5 Å². The van der Waals surface area contributed by atoms with Gasteiger partial charge in [-0.1, -0.05) is 38.5 Å². The normalized spacial score (nSPS) is 24.1. The van der Waals surface area contributed by atoms with Crippen molar-refractivity contribution in [2.45, 2.75) is 83.7 Å². The average Bonchev–Trinajstić information content (AvgIpc) is 3.49. The summed E-state index contributed by atoms with van der Waals surface area (Å²) in [4.78, 5) is 46.5. The maximum absolute atomic E-state index is 13.1. The van der Waals surface area contributed by atoms with Crippen molar-refractivity contribution in [3.8, 4) is 5.75 Å². The lowest BCUT2D eigenvalue weighted by Crippen LogP contribution is -2.52. The first kappa shape index (κ1) is 35.6. The lowest BCUT2D eigenvalue weighted by atomic mass is 9.70. The fourth-order valence-corrected chi connectivity index (χ4v) is 9.76. The quantitative estimate of drug-likeness (QED) is 0.250. The van der Waals surface area contributed by atoms with Gasteiger partial charge in [0.2, 0.25) is 11.8 Å². The number of phenolic OH excluding ortho intramolecular Hbond substituents is 1. The molecule has 5 aliphatic rings. The van der Waals surface area contributed by atoms with Gasteiger partial charge < -0.3 is 19.8 Å². The Kier molecular flexibility index (Phi) is 10.2. The minimum absolute atomic E-state index is 0.118. The van der Waals surface area contributed by atoms with Gasteiger partial charge in [0.05, 0.1) is 0 Å². The number of aromatic hydroxyl groups is 1. The van der Waals surface area contributed by atoms with E-state index >= 15 is 0 Å². The second kappa shape index (κ2) is 15.2. The molecule has 9 nitrogen and oxygen atoms in total. The third-order valence-corrected chi connectivity index (χ3v) is 12.8. The number of phenols is 1. The topological polar surface area (TPSA) is 96.4 Å². The number of hydrogen-bond donors (Lipinski definition) is 2. The molecule has 0 radical (unpaired) electrons. The van der Waals surface area contributed by atoms with Crippen molar-refractivity contribution >= 4 is 29.1 Å². The highest BCUT2D eigenvalue weighted by Gasteiger charge is 2.39. The number of aryl methyl sites for hydroxylation is 1. The van der Waals surface area contributed by atoms with Gasteiger partial charge >= 0.3 is 0 Å². The number of imide groups is 1. The van der Waals surface area contributed by atoms with Crippen LogP contribution in [-0.4, -0.2) is 84.5 Å². The minimum Gasteiger partial charge on any atom is -0.508 e. The van der Waals surface area contributed by atoms with E-state index in [0.717, 1.165) is 63.5 Å². The molecule has 9 heteroatoms. The van der Waals surface area contributed by atoms with Gasteiger partial charge in [-0.2, -0.15) is 0 Å². The van der Waals surface area contributed by atoms with Crippen LogP contribution in [0.25, 0.3) is 0 Å². The van der Waals surface area contributed by atoms with Gasteiger partial charge in [-0.05, 0) is 121 Å². The van der Waals surface area contributed by atoms with Crippen LogP contribution in [0.3, 0.4) is 0 Å². The molecule has 3 aromatic carbocycles. The first-order valence-corrected chi connectivity index (χ1v) is 20.1. The van der Waals surface area contributed by atoms with Gasteiger partial charge in [0.15, 0.2) is 0 Å². The number of fused-ring (bicyclic) bond motifs is 2. The van der Waals surface area contributed by atoms with E-state index in [0.29, 0.717) is 48.0 Å². The van der Waals surface area contributed by atoms with Crippen LogP contribution in [0.15, 0.2) is 60.7 Å². The summed E-state index contributed by atoms with van der Waals surface area (Å²) < 4.78 is 0. The third kappa shape index (κ3) is 7.55. The Labute approximate surface area is 314 Å². The van der Waals surface area contributed by atoms with Gasteiger partial charge in [0.25, 0.3) is 5.91 Å². The zero-order valence-corrected chi connectivity index (χ0v) is 31.4. The van der Waals surface area contributed by atoms with E-state index in [1.165, 1.54) is 54.5 Å². The van der Waals surface area contributed by atoms with Crippen LogP contribution >= 0.6 is 0 Å². The maximum atomic E-state index is 13.1. The van der Waals surface area contributed by atoms with E-state index in [1.54, 1.807) is 4.90 Å². The highest BCUT2D eigenvalue weighted by molar-refractivity contribution is 6.05. The van der Waals surface area contributed by atoms with Gasteiger partial charge in [-0.15, -0.1) is 0 Å². The van der Waals surface area contributed by atoms with Crippen LogP contribution in [-0.2, 0) is 22.6 Å². The van der Waals surface area contributed by atoms with E-state index < -0.39 is 6.04 Å². The lowest BCUT2D eigenvalue weighted by molar-refractivity contribution is -0.136. The van der Waals surface area contributed by atoms with Gasteiger partial charge in [-0.25, -0.2) is 0 Å². The van der Waals surface area contributed by atoms with Crippen LogP contribution in [0.5, 0.6) is 5.75 Å². The predicted molar refractivity (Wildman–Crippen MR) is 208 cm³/mol. The molecule has 3 aromatic rings. The first-order chi connectivity index (χ1) is 25.7.